The average molecular weight is 358 g/mol. The molecule has 0 atom stereocenters. The van der Waals surface area contributed by atoms with Gasteiger partial charge in [-0.25, -0.2) is 0 Å². The van der Waals surface area contributed by atoms with Gasteiger partial charge in [0.25, 0.3) is 0 Å². The third kappa shape index (κ3) is 3.96. The van der Waals surface area contributed by atoms with Gasteiger partial charge in [0, 0.05) is 37.9 Å². The molecule has 2 heterocycles. The number of nitro benzene ring substituents is 1. The SMILES string of the molecule is O=C(NCc1cccnc1)C1CCN(c2cccc(F)c2[N+](=O)[O-])CC1. The molecular weight excluding hydrogens is 339 g/mol. The van der Waals surface area contributed by atoms with Gasteiger partial charge in [-0.05, 0) is 36.6 Å². The van der Waals surface area contributed by atoms with Gasteiger partial charge in [-0.1, -0.05) is 12.1 Å². The minimum absolute atomic E-state index is 0.0396. The summed E-state index contributed by atoms with van der Waals surface area (Å²) in [7, 11) is 0. The highest BCUT2D eigenvalue weighted by Gasteiger charge is 2.29. The van der Waals surface area contributed by atoms with Gasteiger partial charge in [0.1, 0.15) is 5.69 Å². The number of halogens is 1. The van der Waals surface area contributed by atoms with Gasteiger partial charge in [0.2, 0.25) is 11.7 Å². The van der Waals surface area contributed by atoms with Gasteiger partial charge in [-0.2, -0.15) is 4.39 Å². The topological polar surface area (TPSA) is 88.4 Å². The number of piperidine rings is 1. The Labute approximate surface area is 150 Å². The number of para-hydroxylation sites is 1. The molecule has 136 valence electrons. The summed E-state index contributed by atoms with van der Waals surface area (Å²) >= 11 is 0. The third-order valence-corrected chi connectivity index (χ3v) is 4.54. The van der Waals surface area contributed by atoms with E-state index in [1.54, 1.807) is 23.4 Å². The lowest BCUT2D eigenvalue weighted by Crippen LogP contribution is -2.40. The van der Waals surface area contributed by atoms with E-state index in [1.165, 1.54) is 6.07 Å². The van der Waals surface area contributed by atoms with E-state index in [9.17, 15) is 19.3 Å². The predicted octanol–water partition coefficient (Wildman–Crippen LogP) is 2.66. The monoisotopic (exact) mass is 358 g/mol. The summed E-state index contributed by atoms with van der Waals surface area (Å²) in [5.41, 5.74) is 0.685. The number of anilines is 1. The van der Waals surface area contributed by atoms with E-state index in [1.807, 2.05) is 12.1 Å². The zero-order valence-electron chi connectivity index (χ0n) is 14.1. The zero-order chi connectivity index (χ0) is 18.5. The number of nitrogens with zero attached hydrogens (tertiary/aromatic N) is 3. The van der Waals surface area contributed by atoms with Crippen molar-refractivity contribution in [2.24, 2.45) is 5.92 Å². The molecule has 0 radical (unpaired) electrons. The van der Waals surface area contributed by atoms with Crippen molar-refractivity contribution in [1.82, 2.24) is 10.3 Å². The highest BCUT2D eigenvalue weighted by molar-refractivity contribution is 5.79. The number of aromatic nitrogens is 1. The van der Waals surface area contributed by atoms with Crippen molar-refractivity contribution in [3.63, 3.8) is 0 Å². The van der Waals surface area contributed by atoms with Gasteiger partial charge in [0.05, 0.1) is 4.92 Å². The van der Waals surface area contributed by atoms with E-state index in [4.69, 9.17) is 0 Å². The lowest BCUT2D eigenvalue weighted by atomic mass is 9.95. The molecular formula is C18H19FN4O3. The number of nitrogens with one attached hydrogen (secondary N) is 1. The first-order valence-corrected chi connectivity index (χ1v) is 8.40. The Kier molecular flexibility index (Phi) is 5.40. The number of benzene rings is 1. The average Bonchev–Trinajstić information content (AvgIpc) is 2.66. The van der Waals surface area contributed by atoms with Gasteiger partial charge < -0.3 is 10.2 Å². The van der Waals surface area contributed by atoms with Crippen LogP contribution in [0.1, 0.15) is 18.4 Å². The van der Waals surface area contributed by atoms with Crippen LogP contribution in [0, 0.1) is 21.8 Å². The van der Waals surface area contributed by atoms with Crippen LogP contribution in [0.25, 0.3) is 0 Å². The lowest BCUT2D eigenvalue weighted by Gasteiger charge is -2.32. The van der Waals surface area contributed by atoms with Crippen LogP contribution in [-0.4, -0.2) is 28.9 Å². The minimum atomic E-state index is -0.844. The van der Waals surface area contributed by atoms with E-state index in [2.05, 4.69) is 10.3 Å². The molecule has 8 heteroatoms. The summed E-state index contributed by atoms with van der Waals surface area (Å²) in [6.07, 6.45) is 4.50. The molecule has 1 fully saturated rings. The fourth-order valence-electron chi connectivity index (χ4n) is 3.16. The normalized spacial score (nSPS) is 14.9. The maximum absolute atomic E-state index is 13.8. The van der Waals surface area contributed by atoms with Crippen LogP contribution in [0.3, 0.4) is 0 Å². The highest BCUT2D eigenvalue weighted by Crippen LogP contribution is 2.33. The van der Waals surface area contributed by atoms with Crippen LogP contribution in [0.4, 0.5) is 15.8 Å². The quantitative estimate of drug-likeness (QED) is 0.656. The maximum Gasteiger partial charge on any atom is 0.327 e. The van der Waals surface area contributed by atoms with Crippen LogP contribution < -0.4 is 10.2 Å². The van der Waals surface area contributed by atoms with Crippen molar-refractivity contribution in [1.29, 1.82) is 0 Å². The minimum Gasteiger partial charge on any atom is -0.366 e. The van der Waals surface area contributed by atoms with Gasteiger partial charge in [-0.3, -0.25) is 19.9 Å². The number of carbonyl (C=O) groups excluding carboxylic acids is 1. The zero-order valence-corrected chi connectivity index (χ0v) is 14.1. The molecule has 1 aliphatic heterocycles. The molecule has 1 aromatic carbocycles. The molecule has 0 unspecified atom stereocenters. The standard InChI is InChI=1S/C18H19FN4O3/c19-15-4-1-5-16(17(15)23(25)26)22-9-6-14(7-10-22)18(24)21-12-13-3-2-8-20-11-13/h1-5,8,11,14H,6-7,9-10,12H2,(H,21,24). The number of hydrogen-bond donors (Lipinski definition) is 1. The second-order valence-electron chi connectivity index (χ2n) is 6.21. The molecule has 1 amide bonds. The Bertz CT molecular complexity index is 792. The number of pyridine rings is 1. The molecule has 0 bridgehead atoms. The second kappa shape index (κ2) is 7.90. The third-order valence-electron chi connectivity index (χ3n) is 4.54. The fourth-order valence-corrected chi connectivity index (χ4v) is 3.16. The van der Waals surface area contributed by atoms with Gasteiger partial charge >= 0.3 is 5.69 Å². The second-order valence-corrected chi connectivity index (χ2v) is 6.21. The molecule has 0 saturated carbocycles. The molecule has 0 spiro atoms. The summed E-state index contributed by atoms with van der Waals surface area (Å²) in [4.78, 5) is 28.6. The van der Waals surface area contributed by atoms with E-state index in [0.29, 0.717) is 32.5 Å². The molecule has 7 nitrogen and oxygen atoms in total. The van der Waals surface area contributed by atoms with Gasteiger partial charge in [-0.15, -0.1) is 0 Å². The number of rotatable bonds is 5. The van der Waals surface area contributed by atoms with E-state index < -0.39 is 16.4 Å². The van der Waals surface area contributed by atoms with Crippen LogP contribution in [-0.2, 0) is 11.3 Å². The van der Waals surface area contributed by atoms with Crippen molar-refractivity contribution in [2.45, 2.75) is 19.4 Å². The van der Waals surface area contributed by atoms with Crippen LogP contribution in [0.2, 0.25) is 0 Å². The summed E-state index contributed by atoms with van der Waals surface area (Å²) < 4.78 is 13.8. The first kappa shape index (κ1) is 17.8. The smallest absolute Gasteiger partial charge is 0.327 e. The molecule has 1 N–H and O–H groups in total. The van der Waals surface area contributed by atoms with Crippen molar-refractivity contribution >= 4 is 17.3 Å². The van der Waals surface area contributed by atoms with Crippen molar-refractivity contribution in [3.8, 4) is 0 Å². The molecule has 2 aromatic rings. The Morgan fingerprint density at radius 3 is 2.73 bits per heavy atom. The van der Waals surface area contributed by atoms with Gasteiger partial charge in [0.15, 0.2) is 0 Å². The number of hydrogen-bond acceptors (Lipinski definition) is 5. The Balaban J connectivity index is 1.58. The summed E-state index contributed by atoms with van der Waals surface area (Å²) in [6, 6.07) is 7.79. The lowest BCUT2D eigenvalue weighted by molar-refractivity contribution is -0.386. The van der Waals surface area contributed by atoms with Crippen LogP contribution in [0.15, 0.2) is 42.7 Å². The van der Waals surface area contributed by atoms with Crippen LogP contribution >= 0.6 is 0 Å². The molecule has 1 aliphatic rings. The fraction of sp³-hybridized carbons (Fsp3) is 0.333. The van der Waals surface area contributed by atoms with Crippen LogP contribution in [0.5, 0.6) is 0 Å². The summed E-state index contributed by atoms with van der Waals surface area (Å²) in [5, 5.41) is 14.0. The Morgan fingerprint density at radius 1 is 1.31 bits per heavy atom. The highest BCUT2D eigenvalue weighted by atomic mass is 19.1. The van der Waals surface area contributed by atoms with E-state index >= 15 is 0 Å². The largest absolute Gasteiger partial charge is 0.366 e. The molecule has 1 saturated heterocycles. The van der Waals surface area contributed by atoms with Crippen molar-refractivity contribution < 1.29 is 14.1 Å². The van der Waals surface area contributed by atoms with Crippen molar-refractivity contribution in [2.75, 3.05) is 18.0 Å². The first-order valence-electron chi connectivity index (χ1n) is 8.40. The van der Waals surface area contributed by atoms with E-state index in [-0.39, 0.29) is 17.5 Å². The summed E-state index contributed by atoms with van der Waals surface area (Å²) in [5.74, 6) is -1.04. The Morgan fingerprint density at radius 2 is 2.08 bits per heavy atom. The maximum atomic E-state index is 13.8. The van der Waals surface area contributed by atoms with E-state index in [0.717, 1.165) is 11.6 Å². The van der Waals surface area contributed by atoms with Crippen molar-refractivity contribution in [3.05, 3.63) is 64.2 Å². The number of nitro groups is 1. The molecule has 0 aliphatic carbocycles. The first-order chi connectivity index (χ1) is 12.6. The predicted molar refractivity (Wildman–Crippen MR) is 94.1 cm³/mol. The Hall–Kier alpha value is -3.03. The molecule has 1 aromatic heterocycles. The molecule has 3 rings (SSSR count). The number of amides is 1. The summed E-state index contributed by atoms with van der Waals surface area (Å²) in [6.45, 7) is 1.35. The number of carbonyl (C=O) groups is 1. The molecule has 26 heavy (non-hydrogen) atoms.